The van der Waals surface area contributed by atoms with Crippen LogP contribution in [-0.2, 0) is 13.0 Å². The van der Waals surface area contributed by atoms with E-state index in [1.165, 1.54) is 5.56 Å². The summed E-state index contributed by atoms with van der Waals surface area (Å²) in [6, 6.07) is 11.8. The molecule has 4 heteroatoms. The molecule has 0 aliphatic rings. The summed E-state index contributed by atoms with van der Waals surface area (Å²) in [5.41, 5.74) is 3.35. The summed E-state index contributed by atoms with van der Waals surface area (Å²) in [7, 11) is 0. The summed E-state index contributed by atoms with van der Waals surface area (Å²) < 4.78 is 5.39. The van der Waals surface area contributed by atoms with Gasteiger partial charge in [-0.05, 0) is 42.7 Å². The van der Waals surface area contributed by atoms with Crippen molar-refractivity contribution in [3.8, 4) is 11.5 Å². The van der Waals surface area contributed by atoms with Gasteiger partial charge in [0.25, 0.3) is 0 Å². The van der Waals surface area contributed by atoms with Gasteiger partial charge in [-0.15, -0.1) is 0 Å². The second kappa shape index (κ2) is 7.23. The van der Waals surface area contributed by atoms with E-state index in [-0.39, 0.29) is 5.75 Å². The van der Waals surface area contributed by atoms with Crippen molar-refractivity contribution in [2.45, 2.75) is 26.8 Å². The molecule has 2 aromatic carbocycles. The van der Waals surface area contributed by atoms with Crippen LogP contribution < -0.4 is 10.1 Å². The van der Waals surface area contributed by atoms with Crippen LogP contribution in [0.15, 0.2) is 36.4 Å². The molecule has 0 aliphatic carbocycles. The van der Waals surface area contributed by atoms with Gasteiger partial charge in [0.1, 0.15) is 0 Å². The van der Waals surface area contributed by atoms with Gasteiger partial charge in [0.05, 0.1) is 11.6 Å². The Morgan fingerprint density at radius 1 is 1.19 bits per heavy atom. The van der Waals surface area contributed by atoms with Gasteiger partial charge in [-0.25, -0.2) is 0 Å². The van der Waals surface area contributed by atoms with Crippen LogP contribution >= 0.6 is 11.6 Å². The fourth-order valence-corrected chi connectivity index (χ4v) is 2.43. The summed E-state index contributed by atoms with van der Waals surface area (Å²) >= 11 is 6.04. The van der Waals surface area contributed by atoms with E-state index in [4.69, 9.17) is 16.3 Å². The van der Waals surface area contributed by atoms with Crippen molar-refractivity contribution in [3.63, 3.8) is 0 Å². The predicted molar refractivity (Wildman–Crippen MR) is 87.4 cm³/mol. The Bertz CT molecular complexity index is 614. The van der Waals surface area contributed by atoms with Crippen LogP contribution in [0.2, 0.25) is 5.02 Å². The van der Waals surface area contributed by atoms with Gasteiger partial charge in [-0.2, -0.15) is 0 Å². The maximum absolute atomic E-state index is 9.84. The molecule has 21 heavy (non-hydrogen) atoms. The molecule has 0 amide bonds. The number of phenols is 1. The molecular formula is C17H20ClNO2. The molecule has 0 aliphatic heterocycles. The molecule has 2 aromatic rings. The van der Waals surface area contributed by atoms with Crippen LogP contribution in [0.5, 0.6) is 11.5 Å². The molecule has 0 fully saturated rings. The van der Waals surface area contributed by atoms with Gasteiger partial charge in [0, 0.05) is 12.2 Å². The molecule has 0 spiro atoms. The van der Waals surface area contributed by atoms with Gasteiger partial charge in [0.2, 0.25) is 0 Å². The molecular weight excluding hydrogens is 286 g/mol. The van der Waals surface area contributed by atoms with Gasteiger partial charge in [-0.3, -0.25) is 0 Å². The fourth-order valence-electron chi connectivity index (χ4n) is 2.19. The van der Waals surface area contributed by atoms with Crippen molar-refractivity contribution >= 4 is 17.3 Å². The fraction of sp³-hybridized carbons (Fsp3) is 0.294. The lowest BCUT2D eigenvalue weighted by Gasteiger charge is -2.13. The molecule has 0 atom stereocenters. The quantitative estimate of drug-likeness (QED) is 0.818. The average Bonchev–Trinajstić information content (AvgIpc) is 2.50. The number of hydrogen-bond acceptors (Lipinski definition) is 3. The van der Waals surface area contributed by atoms with Gasteiger partial charge >= 0.3 is 0 Å². The van der Waals surface area contributed by atoms with Crippen LogP contribution in [0, 0.1) is 0 Å². The van der Waals surface area contributed by atoms with Gasteiger partial charge < -0.3 is 15.2 Å². The van der Waals surface area contributed by atoms with E-state index < -0.39 is 0 Å². The zero-order valence-electron chi connectivity index (χ0n) is 12.3. The number of hydrogen-bond donors (Lipinski definition) is 2. The first kappa shape index (κ1) is 15.5. The van der Waals surface area contributed by atoms with Crippen LogP contribution in [0.1, 0.15) is 25.0 Å². The Morgan fingerprint density at radius 3 is 2.67 bits per heavy atom. The summed E-state index contributed by atoms with van der Waals surface area (Å²) in [6.07, 6.45) is 0.976. The normalized spacial score (nSPS) is 10.4. The average molecular weight is 306 g/mol. The molecule has 3 nitrogen and oxygen atoms in total. The van der Waals surface area contributed by atoms with E-state index >= 15 is 0 Å². The largest absolute Gasteiger partial charge is 0.503 e. The van der Waals surface area contributed by atoms with Crippen LogP contribution in [-0.4, -0.2) is 11.7 Å². The number of rotatable bonds is 6. The van der Waals surface area contributed by atoms with Crippen LogP contribution in [0.3, 0.4) is 0 Å². The second-order valence-electron chi connectivity index (χ2n) is 4.72. The maximum Gasteiger partial charge on any atom is 0.176 e. The van der Waals surface area contributed by atoms with E-state index in [1.54, 1.807) is 6.07 Å². The monoisotopic (exact) mass is 305 g/mol. The van der Waals surface area contributed by atoms with Crippen molar-refractivity contribution in [2.24, 2.45) is 0 Å². The van der Waals surface area contributed by atoms with E-state index in [9.17, 15) is 5.11 Å². The van der Waals surface area contributed by atoms with E-state index in [2.05, 4.69) is 24.4 Å². The van der Waals surface area contributed by atoms with Gasteiger partial charge in [-0.1, -0.05) is 36.7 Å². The number of ether oxygens (including phenoxy) is 1. The first-order chi connectivity index (χ1) is 10.2. The predicted octanol–water partition coefficient (Wildman–Crippen LogP) is 4.62. The molecule has 2 rings (SSSR count). The minimum absolute atomic E-state index is 0.00350. The molecule has 2 N–H and O–H groups in total. The van der Waals surface area contributed by atoms with Crippen molar-refractivity contribution in [1.29, 1.82) is 0 Å². The third-order valence-corrected chi connectivity index (χ3v) is 3.56. The Labute approximate surface area is 130 Å². The third-order valence-electron chi connectivity index (χ3n) is 3.27. The van der Waals surface area contributed by atoms with E-state index in [1.807, 2.05) is 25.1 Å². The first-order valence-corrected chi connectivity index (χ1v) is 7.49. The lowest BCUT2D eigenvalue weighted by atomic mass is 10.1. The summed E-state index contributed by atoms with van der Waals surface area (Å²) in [4.78, 5) is 0. The minimum Gasteiger partial charge on any atom is -0.503 e. The smallest absolute Gasteiger partial charge is 0.176 e. The maximum atomic E-state index is 9.84. The van der Waals surface area contributed by atoms with Crippen molar-refractivity contribution in [1.82, 2.24) is 0 Å². The summed E-state index contributed by atoms with van der Waals surface area (Å²) in [5.74, 6) is 0.418. The highest BCUT2D eigenvalue weighted by molar-refractivity contribution is 6.32. The molecule has 0 unspecified atom stereocenters. The van der Waals surface area contributed by atoms with E-state index in [0.717, 1.165) is 17.7 Å². The molecule has 0 saturated heterocycles. The molecule has 0 radical (unpaired) electrons. The van der Waals surface area contributed by atoms with Crippen molar-refractivity contribution in [3.05, 3.63) is 52.5 Å². The second-order valence-corrected chi connectivity index (χ2v) is 5.13. The number of phenolic OH excluding ortho intramolecular Hbond substituents is 1. The first-order valence-electron chi connectivity index (χ1n) is 7.11. The minimum atomic E-state index is -0.00350. The molecule has 112 valence electrons. The highest BCUT2D eigenvalue weighted by Gasteiger charge is 2.09. The number of aromatic hydroxyl groups is 1. The topological polar surface area (TPSA) is 41.5 Å². The highest BCUT2D eigenvalue weighted by Crippen LogP contribution is 2.35. The number of aryl methyl sites for hydroxylation is 1. The summed E-state index contributed by atoms with van der Waals surface area (Å²) in [6.45, 7) is 5.11. The summed E-state index contributed by atoms with van der Waals surface area (Å²) in [5, 5.41) is 13.6. The molecule has 0 aromatic heterocycles. The standard InChI is InChI=1S/C17H20ClNO2/c1-3-13-7-5-6-8-15(13)19-11-12-9-14(18)17(20)16(10-12)21-4-2/h5-10,19-20H,3-4,11H2,1-2H3. The number of benzene rings is 2. The lowest BCUT2D eigenvalue weighted by molar-refractivity contribution is 0.318. The molecule has 0 saturated carbocycles. The highest BCUT2D eigenvalue weighted by atomic mass is 35.5. The number of halogens is 1. The van der Waals surface area contributed by atoms with Crippen LogP contribution in [0.4, 0.5) is 5.69 Å². The van der Waals surface area contributed by atoms with Crippen molar-refractivity contribution in [2.75, 3.05) is 11.9 Å². The molecule has 0 heterocycles. The SMILES string of the molecule is CCOc1cc(CNc2ccccc2CC)cc(Cl)c1O. The number of para-hydroxylation sites is 1. The zero-order chi connectivity index (χ0) is 15.2. The van der Waals surface area contributed by atoms with Gasteiger partial charge in [0.15, 0.2) is 11.5 Å². The Balaban J connectivity index is 2.16. The van der Waals surface area contributed by atoms with Crippen molar-refractivity contribution < 1.29 is 9.84 Å². The zero-order valence-corrected chi connectivity index (χ0v) is 13.1. The lowest BCUT2D eigenvalue weighted by Crippen LogP contribution is -2.03. The Hall–Kier alpha value is -1.87. The van der Waals surface area contributed by atoms with E-state index in [0.29, 0.717) is 23.9 Å². The number of nitrogens with one attached hydrogen (secondary N) is 1. The Morgan fingerprint density at radius 2 is 1.95 bits per heavy atom. The molecule has 0 bridgehead atoms. The van der Waals surface area contributed by atoms with Crippen LogP contribution in [0.25, 0.3) is 0 Å². The third kappa shape index (κ3) is 3.82. The Kier molecular flexibility index (Phi) is 5.34. The number of anilines is 1.